The van der Waals surface area contributed by atoms with Crippen molar-refractivity contribution in [3.63, 3.8) is 0 Å². The number of carbonyl (C=O) groups excluding carboxylic acids is 1. The van der Waals surface area contributed by atoms with Gasteiger partial charge in [0.15, 0.2) is 0 Å². The summed E-state index contributed by atoms with van der Waals surface area (Å²) in [7, 11) is 0. The molecule has 1 aliphatic carbocycles. The van der Waals surface area contributed by atoms with Crippen molar-refractivity contribution in [1.29, 1.82) is 0 Å². The summed E-state index contributed by atoms with van der Waals surface area (Å²) in [6, 6.07) is 0. The summed E-state index contributed by atoms with van der Waals surface area (Å²) >= 11 is 0. The van der Waals surface area contributed by atoms with Crippen LogP contribution in [0.3, 0.4) is 0 Å². The van der Waals surface area contributed by atoms with E-state index in [1.54, 1.807) is 5.57 Å². The van der Waals surface area contributed by atoms with Crippen LogP contribution in [0, 0.1) is 5.92 Å². The molecule has 0 heterocycles. The number of carbonyl (C=O) groups is 1. The molecule has 0 amide bonds. The minimum absolute atomic E-state index is 0.219. The van der Waals surface area contributed by atoms with Gasteiger partial charge in [-0.05, 0) is 45.4 Å². The van der Waals surface area contributed by atoms with E-state index in [-0.39, 0.29) is 5.92 Å². The molecular weight excluding hydrogens is 284 g/mol. The number of hydrogen-bond acceptors (Lipinski definition) is 2. The fraction of sp³-hybridized carbons (Fsp3) is 0.857. The quantitative estimate of drug-likeness (QED) is 0.243. The number of unbranched alkanes of at least 4 members (excludes halogenated alkanes) is 10. The summed E-state index contributed by atoms with van der Waals surface area (Å²) in [6.45, 7) is 2.53. The van der Waals surface area contributed by atoms with Crippen molar-refractivity contribution in [2.24, 2.45) is 5.92 Å². The van der Waals surface area contributed by atoms with Crippen LogP contribution in [-0.4, -0.2) is 18.0 Å². The van der Waals surface area contributed by atoms with E-state index in [9.17, 15) is 4.79 Å². The van der Waals surface area contributed by atoms with E-state index < -0.39 is 0 Å². The Morgan fingerprint density at radius 3 is 1.96 bits per heavy atom. The fourth-order valence-corrected chi connectivity index (χ4v) is 3.74. The van der Waals surface area contributed by atoms with Crippen LogP contribution in [0.2, 0.25) is 0 Å². The second-order valence-corrected chi connectivity index (χ2v) is 7.28. The van der Waals surface area contributed by atoms with E-state index in [4.69, 9.17) is 5.11 Å². The summed E-state index contributed by atoms with van der Waals surface area (Å²) in [4.78, 5) is 11.0. The van der Waals surface area contributed by atoms with Gasteiger partial charge in [-0.15, -0.1) is 0 Å². The van der Waals surface area contributed by atoms with E-state index in [1.165, 1.54) is 89.0 Å². The molecule has 0 spiro atoms. The SMILES string of the molecule is CC1=C(CCCCCCCCCCCCCO)CCCC1C=O. The molecule has 1 unspecified atom stereocenters. The molecule has 2 nitrogen and oxygen atoms in total. The molecule has 0 aromatic rings. The highest BCUT2D eigenvalue weighted by atomic mass is 16.2. The number of hydrogen-bond donors (Lipinski definition) is 1. The largest absolute Gasteiger partial charge is 0.396 e. The molecule has 1 rings (SSSR count). The fourth-order valence-electron chi connectivity index (χ4n) is 3.74. The Morgan fingerprint density at radius 1 is 0.913 bits per heavy atom. The average molecular weight is 323 g/mol. The number of aliphatic hydroxyl groups is 1. The zero-order valence-electron chi connectivity index (χ0n) is 15.3. The zero-order valence-corrected chi connectivity index (χ0v) is 15.3. The maximum atomic E-state index is 11.0. The van der Waals surface area contributed by atoms with Gasteiger partial charge in [0.05, 0.1) is 0 Å². The van der Waals surface area contributed by atoms with E-state index in [1.807, 2.05) is 0 Å². The van der Waals surface area contributed by atoms with Gasteiger partial charge in [0, 0.05) is 12.5 Å². The lowest BCUT2D eigenvalue weighted by molar-refractivity contribution is -0.110. The Balaban J connectivity index is 1.92. The normalized spacial score (nSPS) is 18.4. The molecule has 0 fully saturated rings. The maximum Gasteiger partial charge on any atom is 0.127 e. The molecule has 134 valence electrons. The third kappa shape index (κ3) is 9.30. The summed E-state index contributed by atoms with van der Waals surface area (Å²) in [6.07, 6.45) is 20.2. The summed E-state index contributed by atoms with van der Waals surface area (Å²) in [5, 5.41) is 8.71. The van der Waals surface area contributed by atoms with Gasteiger partial charge in [0.1, 0.15) is 6.29 Å². The highest BCUT2D eigenvalue weighted by Crippen LogP contribution is 2.31. The monoisotopic (exact) mass is 322 g/mol. The van der Waals surface area contributed by atoms with Crippen LogP contribution in [-0.2, 0) is 4.79 Å². The predicted molar refractivity (Wildman–Crippen MR) is 98.6 cm³/mol. The third-order valence-electron chi connectivity index (χ3n) is 5.41. The minimum atomic E-state index is 0.219. The summed E-state index contributed by atoms with van der Waals surface area (Å²) in [5.41, 5.74) is 2.96. The first-order chi connectivity index (χ1) is 11.3. The molecular formula is C21H38O2. The number of aliphatic hydroxyl groups excluding tert-OH is 1. The zero-order chi connectivity index (χ0) is 16.8. The van der Waals surface area contributed by atoms with Gasteiger partial charge in [0.25, 0.3) is 0 Å². The van der Waals surface area contributed by atoms with Gasteiger partial charge < -0.3 is 9.90 Å². The summed E-state index contributed by atoms with van der Waals surface area (Å²) < 4.78 is 0. The molecule has 0 aliphatic heterocycles. The van der Waals surface area contributed by atoms with Crippen LogP contribution in [0.5, 0.6) is 0 Å². The number of aldehydes is 1. The smallest absolute Gasteiger partial charge is 0.127 e. The first-order valence-corrected chi connectivity index (χ1v) is 10.0. The third-order valence-corrected chi connectivity index (χ3v) is 5.41. The Labute approximate surface area is 143 Å². The Morgan fingerprint density at radius 2 is 1.43 bits per heavy atom. The second-order valence-electron chi connectivity index (χ2n) is 7.28. The molecule has 2 heteroatoms. The lowest BCUT2D eigenvalue weighted by atomic mass is 9.82. The van der Waals surface area contributed by atoms with Gasteiger partial charge >= 0.3 is 0 Å². The first-order valence-electron chi connectivity index (χ1n) is 10.0. The number of rotatable bonds is 14. The van der Waals surface area contributed by atoms with Crippen molar-refractivity contribution in [1.82, 2.24) is 0 Å². The van der Waals surface area contributed by atoms with E-state index in [0.717, 1.165) is 19.1 Å². The van der Waals surface area contributed by atoms with Crippen LogP contribution in [0.15, 0.2) is 11.1 Å². The topological polar surface area (TPSA) is 37.3 Å². The summed E-state index contributed by atoms with van der Waals surface area (Å²) in [5.74, 6) is 0.219. The van der Waals surface area contributed by atoms with Crippen LogP contribution in [0.4, 0.5) is 0 Å². The van der Waals surface area contributed by atoms with Gasteiger partial charge in [-0.1, -0.05) is 68.9 Å². The van der Waals surface area contributed by atoms with Crippen molar-refractivity contribution in [2.75, 3.05) is 6.61 Å². The van der Waals surface area contributed by atoms with Gasteiger partial charge in [-0.2, -0.15) is 0 Å². The van der Waals surface area contributed by atoms with Crippen LogP contribution in [0.1, 0.15) is 103 Å². The maximum absolute atomic E-state index is 11.0. The number of allylic oxidation sites excluding steroid dienone is 2. The molecule has 0 bridgehead atoms. The lowest BCUT2D eigenvalue weighted by Crippen LogP contribution is -2.11. The van der Waals surface area contributed by atoms with Crippen molar-refractivity contribution in [2.45, 2.75) is 103 Å². The minimum Gasteiger partial charge on any atom is -0.396 e. The Bertz CT molecular complexity index is 333. The van der Waals surface area contributed by atoms with E-state index in [0.29, 0.717) is 6.61 Å². The highest BCUT2D eigenvalue weighted by Gasteiger charge is 2.18. The first kappa shape index (κ1) is 20.4. The van der Waals surface area contributed by atoms with Crippen molar-refractivity contribution >= 4 is 6.29 Å². The molecule has 23 heavy (non-hydrogen) atoms. The van der Waals surface area contributed by atoms with Crippen molar-refractivity contribution < 1.29 is 9.90 Å². The van der Waals surface area contributed by atoms with E-state index >= 15 is 0 Å². The molecule has 0 saturated heterocycles. The van der Waals surface area contributed by atoms with Crippen LogP contribution < -0.4 is 0 Å². The van der Waals surface area contributed by atoms with Crippen molar-refractivity contribution in [3.8, 4) is 0 Å². The Kier molecular flexibility index (Phi) is 12.2. The highest BCUT2D eigenvalue weighted by molar-refractivity contribution is 5.59. The Hall–Kier alpha value is -0.630. The molecule has 0 aromatic carbocycles. The van der Waals surface area contributed by atoms with Crippen LogP contribution in [0.25, 0.3) is 0 Å². The molecule has 0 saturated carbocycles. The molecule has 1 aliphatic rings. The average Bonchev–Trinajstić information content (AvgIpc) is 2.57. The predicted octanol–water partition coefficient (Wildman–Crippen LogP) is 5.98. The van der Waals surface area contributed by atoms with E-state index in [2.05, 4.69) is 6.92 Å². The molecule has 0 aromatic heterocycles. The molecule has 1 N–H and O–H groups in total. The van der Waals surface area contributed by atoms with Crippen molar-refractivity contribution in [3.05, 3.63) is 11.1 Å². The molecule has 0 radical (unpaired) electrons. The van der Waals surface area contributed by atoms with Gasteiger partial charge in [-0.3, -0.25) is 0 Å². The molecule has 1 atom stereocenters. The standard InChI is InChI=1S/C21H38O2/c1-19-20(15-13-16-21(19)18-23)14-11-9-7-5-3-2-4-6-8-10-12-17-22/h18,21-22H,2-17H2,1H3. The van der Waals surface area contributed by atoms with Crippen LogP contribution >= 0.6 is 0 Å². The van der Waals surface area contributed by atoms with Gasteiger partial charge in [0.2, 0.25) is 0 Å². The second kappa shape index (κ2) is 13.8. The lowest BCUT2D eigenvalue weighted by Gasteiger charge is -2.22. The van der Waals surface area contributed by atoms with Gasteiger partial charge in [-0.25, -0.2) is 0 Å².